The predicted octanol–water partition coefficient (Wildman–Crippen LogP) is 6.27. The standard InChI is InChI=1S/C24H21ClF6N2O2/c1-13(2)21(34)33-11-16(12-33)14-3-5-15(6-4-14)20-10-22(35-32-20,24(29,30)31)17-7-18(23(26,27)28)9-19(25)8-17/h3-10,13,16,32H,11-12H2,1-2H3. The lowest BCUT2D eigenvalue weighted by Gasteiger charge is -2.40. The van der Waals surface area contributed by atoms with E-state index in [1.807, 2.05) is 13.8 Å². The minimum Gasteiger partial charge on any atom is -0.341 e. The molecule has 2 aromatic carbocycles. The highest BCUT2D eigenvalue weighted by Crippen LogP contribution is 2.49. The van der Waals surface area contributed by atoms with Gasteiger partial charge in [0.2, 0.25) is 11.5 Å². The number of rotatable bonds is 4. The molecule has 2 aromatic rings. The van der Waals surface area contributed by atoms with Crippen LogP contribution in [0.1, 0.15) is 42.0 Å². The second-order valence-electron chi connectivity index (χ2n) is 8.94. The average molecular weight is 519 g/mol. The van der Waals surface area contributed by atoms with Crippen molar-refractivity contribution in [2.24, 2.45) is 5.92 Å². The number of nitrogens with zero attached hydrogens (tertiary/aromatic N) is 1. The third-order valence-electron chi connectivity index (χ3n) is 6.12. The zero-order valence-corrected chi connectivity index (χ0v) is 19.4. The zero-order valence-electron chi connectivity index (χ0n) is 18.6. The number of alkyl halides is 6. The van der Waals surface area contributed by atoms with Crippen LogP contribution < -0.4 is 5.48 Å². The van der Waals surface area contributed by atoms with E-state index in [0.29, 0.717) is 36.9 Å². The Bertz CT molecular complexity index is 1150. The summed E-state index contributed by atoms with van der Waals surface area (Å²) in [4.78, 5) is 18.7. The number of amides is 1. The van der Waals surface area contributed by atoms with Crippen molar-refractivity contribution in [2.75, 3.05) is 13.1 Å². The molecule has 4 rings (SSSR count). The molecular weight excluding hydrogens is 498 g/mol. The van der Waals surface area contributed by atoms with Crippen LogP contribution in [0.2, 0.25) is 5.02 Å². The van der Waals surface area contributed by atoms with E-state index in [9.17, 15) is 31.1 Å². The molecule has 188 valence electrons. The number of halogens is 7. The molecular formula is C24H21ClF6N2O2. The van der Waals surface area contributed by atoms with Crippen molar-refractivity contribution in [1.82, 2.24) is 10.4 Å². The predicted molar refractivity (Wildman–Crippen MR) is 117 cm³/mol. The van der Waals surface area contributed by atoms with E-state index in [1.165, 1.54) is 0 Å². The number of hydroxylamine groups is 1. The van der Waals surface area contributed by atoms with Crippen LogP contribution in [-0.4, -0.2) is 30.1 Å². The maximum Gasteiger partial charge on any atom is 0.428 e. The van der Waals surface area contributed by atoms with E-state index < -0.39 is 34.1 Å². The number of hydrogen-bond donors (Lipinski definition) is 1. The van der Waals surface area contributed by atoms with Crippen LogP contribution in [0.4, 0.5) is 26.3 Å². The molecule has 35 heavy (non-hydrogen) atoms. The van der Waals surface area contributed by atoms with Gasteiger partial charge in [-0.05, 0) is 35.4 Å². The fourth-order valence-corrected chi connectivity index (χ4v) is 4.36. The summed E-state index contributed by atoms with van der Waals surface area (Å²) in [5.41, 5.74) is -1.83. The molecule has 1 unspecified atom stereocenters. The van der Waals surface area contributed by atoms with Gasteiger partial charge >= 0.3 is 12.4 Å². The van der Waals surface area contributed by atoms with Crippen LogP contribution in [-0.2, 0) is 21.4 Å². The SMILES string of the molecule is CC(C)C(=O)N1CC(c2ccc(C3=CC(c4cc(Cl)cc(C(F)(F)F)c4)(C(F)(F)F)ON3)cc2)C1. The van der Waals surface area contributed by atoms with E-state index >= 15 is 0 Å². The van der Waals surface area contributed by atoms with E-state index in [4.69, 9.17) is 16.4 Å². The first kappa shape index (κ1) is 25.4. The molecule has 0 radical (unpaired) electrons. The topological polar surface area (TPSA) is 41.6 Å². The Kier molecular flexibility index (Phi) is 6.34. The highest BCUT2D eigenvalue weighted by atomic mass is 35.5. The first-order valence-corrected chi connectivity index (χ1v) is 11.1. The van der Waals surface area contributed by atoms with Gasteiger partial charge in [-0.15, -0.1) is 0 Å². The molecule has 11 heteroatoms. The van der Waals surface area contributed by atoms with E-state index in [1.54, 1.807) is 29.2 Å². The Morgan fingerprint density at radius 1 is 1.09 bits per heavy atom. The second-order valence-corrected chi connectivity index (χ2v) is 9.38. The highest BCUT2D eigenvalue weighted by molar-refractivity contribution is 6.30. The van der Waals surface area contributed by atoms with Crippen molar-refractivity contribution >= 4 is 23.2 Å². The lowest BCUT2D eigenvalue weighted by atomic mass is 9.88. The number of nitrogens with one attached hydrogen (secondary N) is 1. The normalized spacial score (nSPS) is 21.1. The van der Waals surface area contributed by atoms with Gasteiger partial charge in [-0.25, -0.2) is 0 Å². The molecule has 0 aliphatic carbocycles. The van der Waals surface area contributed by atoms with Gasteiger partial charge in [0, 0.05) is 35.5 Å². The summed E-state index contributed by atoms with van der Waals surface area (Å²) in [6, 6.07) is 8.41. The maximum atomic E-state index is 14.2. The molecule has 2 aliphatic rings. The third-order valence-corrected chi connectivity index (χ3v) is 6.34. The molecule has 1 atom stereocenters. The van der Waals surface area contributed by atoms with Gasteiger partial charge in [0.15, 0.2) is 0 Å². The monoisotopic (exact) mass is 518 g/mol. The van der Waals surface area contributed by atoms with Gasteiger partial charge in [0.05, 0.1) is 11.3 Å². The lowest BCUT2D eigenvalue weighted by Crippen LogP contribution is -2.49. The van der Waals surface area contributed by atoms with Gasteiger partial charge < -0.3 is 4.90 Å². The summed E-state index contributed by atoms with van der Waals surface area (Å²) >= 11 is 5.72. The molecule has 0 saturated carbocycles. The third kappa shape index (κ3) is 4.73. The van der Waals surface area contributed by atoms with Gasteiger partial charge in [-0.1, -0.05) is 49.7 Å². The molecule has 0 spiro atoms. The van der Waals surface area contributed by atoms with Crippen LogP contribution in [0.5, 0.6) is 0 Å². The fraction of sp³-hybridized carbons (Fsp3) is 0.375. The van der Waals surface area contributed by atoms with Crippen molar-refractivity contribution < 1.29 is 36.0 Å². The van der Waals surface area contributed by atoms with Gasteiger partial charge in [0.25, 0.3) is 0 Å². The van der Waals surface area contributed by atoms with E-state index in [0.717, 1.165) is 11.6 Å². The van der Waals surface area contributed by atoms with E-state index in [2.05, 4.69) is 5.48 Å². The maximum absolute atomic E-state index is 14.2. The summed E-state index contributed by atoms with van der Waals surface area (Å²) in [5, 5.41) is -0.501. The molecule has 1 amide bonds. The number of likely N-dealkylation sites (tertiary alicyclic amines) is 1. The number of carbonyl (C=O) groups is 1. The minimum atomic E-state index is -5.09. The molecule has 2 heterocycles. The zero-order chi connectivity index (χ0) is 25.8. The summed E-state index contributed by atoms with van der Waals surface area (Å²) in [6.45, 7) is 4.77. The number of benzene rings is 2. The first-order chi connectivity index (χ1) is 16.2. The first-order valence-electron chi connectivity index (χ1n) is 10.7. The van der Waals surface area contributed by atoms with Crippen LogP contribution in [0.3, 0.4) is 0 Å². The number of carbonyl (C=O) groups excluding carboxylic acids is 1. The Morgan fingerprint density at radius 2 is 1.71 bits per heavy atom. The molecule has 4 nitrogen and oxygen atoms in total. The molecule has 1 N–H and O–H groups in total. The molecule has 1 saturated heterocycles. The Morgan fingerprint density at radius 3 is 2.26 bits per heavy atom. The highest BCUT2D eigenvalue weighted by Gasteiger charge is 2.60. The summed E-state index contributed by atoms with van der Waals surface area (Å²) in [5.74, 6) is 0.0860. The molecule has 0 aromatic heterocycles. The summed E-state index contributed by atoms with van der Waals surface area (Å²) in [6.07, 6.45) is -9.27. The summed E-state index contributed by atoms with van der Waals surface area (Å²) < 4.78 is 82.1. The van der Waals surface area contributed by atoms with Crippen LogP contribution >= 0.6 is 11.6 Å². The van der Waals surface area contributed by atoms with Crippen LogP contribution in [0, 0.1) is 5.92 Å². The van der Waals surface area contributed by atoms with Crippen LogP contribution in [0.25, 0.3) is 5.70 Å². The van der Waals surface area contributed by atoms with Gasteiger partial charge in [0.1, 0.15) is 0 Å². The quantitative estimate of drug-likeness (QED) is 0.485. The molecule has 2 aliphatic heterocycles. The van der Waals surface area contributed by atoms with Crippen molar-refractivity contribution in [1.29, 1.82) is 0 Å². The Hall–Kier alpha value is -2.72. The minimum absolute atomic E-state index is 0.0485. The van der Waals surface area contributed by atoms with Gasteiger partial charge in [-0.2, -0.15) is 26.3 Å². The fourth-order valence-electron chi connectivity index (χ4n) is 4.12. The van der Waals surface area contributed by atoms with Gasteiger partial charge in [-0.3, -0.25) is 15.1 Å². The van der Waals surface area contributed by atoms with Crippen molar-refractivity contribution in [2.45, 2.75) is 37.7 Å². The van der Waals surface area contributed by atoms with Crippen molar-refractivity contribution in [3.63, 3.8) is 0 Å². The number of hydrogen-bond acceptors (Lipinski definition) is 3. The van der Waals surface area contributed by atoms with Crippen molar-refractivity contribution in [3.05, 3.63) is 75.8 Å². The summed E-state index contributed by atoms with van der Waals surface area (Å²) in [7, 11) is 0. The largest absolute Gasteiger partial charge is 0.428 e. The lowest BCUT2D eigenvalue weighted by molar-refractivity contribution is -0.269. The average Bonchev–Trinajstić information content (AvgIpc) is 3.19. The second kappa shape index (κ2) is 8.74. The van der Waals surface area contributed by atoms with Crippen molar-refractivity contribution in [3.8, 4) is 0 Å². The smallest absolute Gasteiger partial charge is 0.341 e. The Labute approximate surface area is 202 Å². The molecule has 1 fully saturated rings. The Balaban J connectivity index is 1.61. The van der Waals surface area contributed by atoms with Crippen LogP contribution in [0.15, 0.2) is 48.5 Å². The van der Waals surface area contributed by atoms with E-state index in [-0.39, 0.29) is 23.4 Å². The molecule has 0 bridgehead atoms.